The van der Waals surface area contributed by atoms with E-state index in [1.807, 2.05) is 28.7 Å². The van der Waals surface area contributed by atoms with Crippen LogP contribution in [-0.4, -0.2) is 15.0 Å². The fraction of sp³-hybridized carbons (Fsp3) is 0. The summed E-state index contributed by atoms with van der Waals surface area (Å²) in [5.41, 5.74) is 0.669. The lowest BCUT2D eigenvalue weighted by Gasteiger charge is -2.05. The molecule has 0 unspecified atom stereocenters. The molecular formula is C9H3ClFIN4. The summed E-state index contributed by atoms with van der Waals surface area (Å²) in [6, 6.07) is 4.89. The van der Waals surface area contributed by atoms with Gasteiger partial charge in [-0.2, -0.15) is 5.26 Å². The summed E-state index contributed by atoms with van der Waals surface area (Å²) in [5.74, 6) is -0.506. The molecule has 4 nitrogen and oxygen atoms in total. The number of hydrogen-bond acceptors (Lipinski definition) is 3. The summed E-state index contributed by atoms with van der Waals surface area (Å²) < 4.78 is 15.2. The molecule has 16 heavy (non-hydrogen) atoms. The Morgan fingerprint density at radius 3 is 2.88 bits per heavy atom. The van der Waals surface area contributed by atoms with Crippen molar-refractivity contribution in [3.05, 3.63) is 38.4 Å². The first-order chi connectivity index (χ1) is 7.63. The molecular weight excluding hydrogens is 345 g/mol. The van der Waals surface area contributed by atoms with Crippen LogP contribution in [0.5, 0.6) is 0 Å². The fourth-order valence-electron chi connectivity index (χ4n) is 1.13. The normalized spacial score (nSPS) is 10.1. The van der Waals surface area contributed by atoms with Crippen LogP contribution in [0.3, 0.4) is 0 Å². The predicted molar refractivity (Wildman–Crippen MR) is 63.8 cm³/mol. The first-order valence-corrected chi connectivity index (χ1v) is 5.55. The highest BCUT2D eigenvalue weighted by atomic mass is 127. The molecule has 0 amide bonds. The van der Waals surface area contributed by atoms with E-state index in [9.17, 15) is 4.39 Å². The number of rotatable bonds is 1. The Kier molecular flexibility index (Phi) is 3.07. The van der Waals surface area contributed by atoms with E-state index in [2.05, 4.69) is 10.3 Å². The van der Waals surface area contributed by atoms with Crippen LogP contribution in [0.25, 0.3) is 5.69 Å². The molecule has 1 heterocycles. The molecule has 0 fully saturated rings. The summed E-state index contributed by atoms with van der Waals surface area (Å²) in [6.45, 7) is 0. The van der Waals surface area contributed by atoms with Gasteiger partial charge in [-0.3, -0.25) is 0 Å². The molecule has 1 aromatic carbocycles. The second-order valence-corrected chi connectivity index (χ2v) is 4.34. The van der Waals surface area contributed by atoms with Crippen LogP contribution in [0.4, 0.5) is 4.39 Å². The highest BCUT2D eigenvalue weighted by Crippen LogP contribution is 2.25. The van der Waals surface area contributed by atoms with Crippen LogP contribution in [0.15, 0.2) is 18.3 Å². The van der Waals surface area contributed by atoms with Crippen molar-refractivity contribution in [2.75, 3.05) is 0 Å². The second-order valence-electron chi connectivity index (χ2n) is 2.85. The number of hydrogen-bond donors (Lipinski definition) is 0. The van der Waals surface area contributed by atoms with Crippen molar-refractivity contribution in [1.82, 2.24) is 15.0 Å². The zero-order chi connectivity index (χ0) is 11.7. The van der Waals surface area contributed by atoms with E-state index in [4.69, 9.17) is 16.9 Å². The molecule has 0 radical (unpaired) electrons. The first-order valence-electron chi connectivity index (χ1n) is 4.10. The monoisotopic (exact) mass is 348 g/mol. The smallest absolute Gasteiger partial charge is 0.183 e. The Hall–Kier alpha value is -1.20. The third-order valence-corrected chi connectivity index (χ3v) is 3.19. The number of aromatic nitrogens is 3. The number of benzene rings is 1. The minimum atomic E-state index is -0.506. The van der Waals surface area contributed by atoms with Crippen molar-refractivity contribution in [2.24, 2.45) is 0 Å². The quantitative estimate of drug-likeness (QED) is 0.588. The van der Waals surface area contributed by atoms with E-state index in [0.29, 0.717) is 9.26 Å². The molecule has 0 bridgehead atoms. The first kappa shape index (κ1) is 11.3. The van der Waals surface area contributed by atoms with E-state index in [-0.39, 0.29) is 10.7 Å². The van der Waals surface area contributed by atoms with E-state index in [1.165, 1.54) is 16.9 Å². The lowest BCUT2D eigenvalue weighted by molar-refractivity contribution is 0.617. The Balaban J connectivity index is 2.57. The van der Waals surface area contributed by atoms with Crippen LogP contribution in [0, 0.1) is 20.7 Å². The topological polar surface area (TPSA) is 54.5 Å². The van der Waals surface area contributed by atoms with Gasteiger partial charge < -0.3 is 0 Å². The zero-order valence-corrected chi connectivity index (χ0v) is 10.6. The molecule has 0 saturated heterocycles. The van der Waals surface area contributed by atoms with Crippen LogP contribution in [0.2, 0.25) is 5.02 Å². The minimum Gasteiger partial charge on any atom is -0.218 e. The maximum Gasteiger partial charge on any atom is 0.183 e. The highest BCUT2D eigenvalue weighted by Gasteiger charge is 2.12. The summed E-state index contributed by atoms with van der Waals surface area (Å²) in [6.07, 6.45) is 1.42. The second kappa shape index (κ2) is 4.35. The van der Waals surface area contributed by atoms with Gasteiger partial charge in [-0.05, 0) is 34.7 Å². The van der Waals surface area contributed by atoms with E-state index in [1.54, 1.807) is 6.07 Å². The Morgan fingerprint density at radius 1 is 1.50 bits per heavy atom. The lowest BCUT2D eigenvalue weighted by Crippen LogP contribution is -2.00. The summed E-state index contributed by atoms with van der Waals surface area (Å²) >= 11 is 7.45. The summed E-state index contributed by atoms with van der Waals surface area (Å²) in [4.78, 5) is 0. The zero-order valence-electron chi connectivity index (χ0n) is 7.65. The Labute approximate surface area is 109 Å². The van der Waals surface area contributed by atoms with E-state index >= 15 is 0 Å². The van der Waals surface area contributed by atoms with Gasteiger partial charge in [0.2, 0.25) is 0 Å². The van der Waals surface area contributed by atoms with E-state index in [0.717, 1.165) is 0 Å². The molecule has 0 saturated carbocycles. The van der Waals surface area contributed by atoms with Crippen molar-refractivity contribution >= 4 is 34.2 Å². The standard InChI is InChI=1S/C9H3ClFIN4/c10-6-1-2-7(9(12)8(6)11)16-4-5(3-13)14-15-16/h1-2,4H. The molecule has 1 aromatic heterocycles. The summed E-state index contributed by atoms with van der Waals surface area (Å²) in [5, 5.41) is 16.0. The number of nitrogens with zero attached hydrogens (tertiary/aromatic N) is 4. The third-order valence-electron chi connectivity index (χ3n) is 1.87. The third kappa shape index (κ3) is 1.88. The fourth-order valence-corrected chi connectivity index (χ4v) is 2.16. The molecule has 2 rings (SSSR count). The van der Waals surface area contributed by atoms with Crippen molar-refractivity contribution < 1.29 is 4.39 Å². The SMILES string of the molecule is N#Cc1cn(-c2ccc(Cl)c(F)c2I)nn1. The average molecular weight is 349 g/mol. The van der Waals surface area contributed by atoms with Gasteiger partial charge in [-0.25, -0.2) is 9.07 Å². The van der Waals surface area contributed by atoms with Gasteiger partial charge in [0.1, 0.15) is 6.07 Å². The van der Waals surface area contributed by atoms with Gasteiger partial charge >= 0.3 is 0 Å². The molecule has 80 valence electrons. The van der Waals surface area contributed by atoms with Crippen LogP contribution in [-0.2, 0) is 0 Å². The van der Waals surface area contributed by atoms with Gasteiger partial charge in [-0.15, -0.1) is 5.10 Å². The molecule has 0 aliphatic heterocycles. The largest absolute Gasteiger partial charge is 0.218 e. The van der Waals surface area contributed by atoms with Crippen LogP contribution >= 0.6 is 34.2 Å². The van der Waals surface area contributed by atoms with Gasteiger partial charge in [0.25, 0.3) is 0 Å². The van der Waals surface area contributed by atoms with Gasteiger partial charge in [-0.1, -0.05) is 16.8 Å². The minimum absolute atomic E-state index is 0.0498. The lowest BCUT2D eigenvalue weighted by atomic mass is 10.3. The number of nitriles is 1. The maximum absolute atomic E-state index is 13.5. The van der Waals surface area contributed by atoms with Crippen molar-refractivity contribution in [3.8, 4) is 11.8 Å². The van der Waals surface area contributed by atoms with Gasteiger partial charge in [0.15, 0.2) is 11.5 Å². The van der Waals surface area contributed by atoms with Crippen molar-refractivity contribution in [3.63, 3.8) is 0 Å². The molecule has 0 aliphatic rings. The molecule has 2 aromatic rings. The predicted octanol–water partition coefficient (Wildman–Crippen LogP) is 2.54. The molecule has 0 aliphatic carbocycles. The molecule has 0 N–H and O–H groups in total. The maximum atomic E-state index is 13.5. The molecule has 0 atom stereocenters. The Morgan fingerprint density at radius 2 is 2.25 bits per heavy atom. The van der Waals surface area contributed by atoms with Crippen LogP contribution in [0.1, 0.15) is 5.69 Å². The Bertz CT molecular complexity index is 590. The van der Waals surface area contributed by atoms with Crippen molar-refractivity contribution in [2.45, 2.75) is 0 Å². The van der Waals surface area contributed by atoms with Crippen LogP contribution < -0.4 is 0 Å². The molecule has 0 spiro atoms. The van der Waals surface area contributed by atoms with Gasteiger partial charge in [0, 0.05) is 0 Å². The van der Waals surface area contributed by atoms with E-state index < -0.39 is 5.82 Å². The summed E-state index contributed by atoms with van der Waals surface area (Å²) in [7, 11) is 0. The number of halogens is 3. The average Bonchev–Trinajstić information content (AvgIpc) is 2.74. The highest BCUT2D eigenvalue weighted by molar-refractivity contribution is 14.1. The van der Waals surface area contributed by atoms with Crippen molar-refractivity contribution in [1.29, 1.82) is 5.26 Å². The molecule has 7 heteroatoms. The van der Waals surface area contributed by atoms with Gasteiger partial charge in [0.05, 0.1) is 20.5 Å².